The molecule has 4 nitrogen and oxygen atoms in total. The summed E-state index contributed by atoms with van der Waals surface area (Å²) < 4.78 is 0. The number of hydrogen-bond acceptors (Lipinski definition) is 2. The number of nitrogens with zero attached hydrogens (tertiary/aromatic N) is 1. The molecule has 18 heavy (non-hydrogen) atoms. The van der Waals surface area contributed by atoms with Crippen molar-refractivity contribution in [2.24, 2.45) is 0 Å². The van der Waals surface area contributed by atoms with Crippen molar-refractivity contribution < 1.29 is 9.59 Å². The van der Waals surface area contributed by atoms with E-state index in [4.69, 9.17) is 11.6 Å². The average Bonchev–Trinajstić information content (AvgIpc) is 3.15. The topological polar surface area (TPSA) is 49.4 Å². The number of halogens is 1. The molecule has 0 aromatic carbocycles. The first kappa shape index (κ1) is 13.7. The maximum absolute atomic E-state index is 11.8. The molecule has 0 aromatic heterocycles. The second kappa shape index (κ2) is 5.91. The fourth-order valence-electron chi connectivity index (χ4n) is 2.97. The van der Waals surface area contributed by atoms with Gasteiger partial charge in [0.05, 0.1) is 6.04 Å². The van der Waals surface area contributed by atoms with Crippen molar-refractivity contribution in [1.82, 2.24) is 10.2 Å². The van der Waals surface area contributed by atoms with Crippen LogP contribution in [0.1, 0.15) is 45.4 Å². The van der Waals surface area contributed by atoms with E-state index in [-0.39, 0.29) is 29.8 Å². The van der Waals surface area contributed by atoms with E-state index in [1.165, 1.54) is 0 Å². The van der Waals surface area contributed by atoms with Crippen LogP contribution in [0.3, 0.4) is 0 Å². The van der Waals surface area contributed by atoms with Gasteiger partial charge >= 0.3 is 0 Å². The summed E-state index contributed by atoms with van der Waals surface area (Å²) in [6.45, 7) is 1.63. The lowest BCUT2D eigenvalue weighted by atomic mass is 9.88. The summed E-state index contributed by atoms with van der Waals surface area (Å²) in [5.74, 6) is -0.00501. The second-order valence-electron chi connectivity index (χ2n) is 5.32. The number of hydrogen-bond donors (Lipinski definition) is 1. The second-order valence-corrected chi connectivity index (χ2v) is 5.58. The predicted octanol–water partition coefficient (Wildman–Crippen LogP) is 1.66. The molecule has 0 unspecified atom stereocenters. The van der Waals surface area contributed by atoms with Crippen LogP contribution in [0.25, 0.3) is 0 Å². The van der Waals surface area contributed by atoms with Crippen LogP contribution in [0.2, 0.25) is 0 Å². The Morgan fingerprint density at radius 2 is 1.89 bits per heavy atom. The number of rotatable bonds is 4. The van der Waals surface area contributed by atoms with Gasteiger partial charge in [0.15, 0.2) is 0 Å². The van der Waals surface area contributed by atoms with Crippen LogP contribution < -0.4 is 5.32 Å². The van der Waals surface area contributed by atoms with E-state index in [2.05, 4.69) is 5.32 Å². The first-order valence-corrected chi connectivity index (χ1v) is 7.31. The molecule has 2 fully saturated rings. The van der Waals surface area contributed by atoms with Crippen LogP contribution in [-0.2, 0) is 9.59 Å². The molecule has 2 atom stereocenters. The molecule has 0 saturated heterocycles. The third-order valence-corrected chi connectivity index (χ3v) is 4.10. The summed E-state index contributed by atoms with van der Waals surface area (Å²) >= 11 is 5.54. The van der Waals surface area contributed by atoms with Crippen molar-refractivity contribution in [3.05, 3.63) is 0 Å². The highest BCUT2D eigenvalue weighted by molar-refractivity contribution is 6.27. The van der Waals surface area contributed by atoms with E-state index in [0.717, 1.165) is 38.5 Å². The zero-order chi connectivity index (χ0) is 13.1. The Labute approximate surface area is 113 Å². The van der Waals surface area contributed by atoms with E-state index in [9.17, 15) is 9.59 Å². The standard InChI is InChI=1S/C13H21ClN2O2/c1-9(17)16(10-6-7-10)12-5-3-2-4-11(12)15-13(18)8-14/h10-12H,2-8H2,1H3,(H,15,18)/t11-,12-/m1/s1. The Bertz CT molecular complexity index is 331. The third kappa shape index (κ3) is 3.16. The van der Waals surface area contributed by atoms with Gasteiger partial charge in [-0.3, -0.25) is 9.59 Å². The van der Waals surface area contributed by atoms with Gasteiger partial charge in [0.2, 0.25) is 11.8 Å². The van der Waals surface area contributed by atoms with Crippen molar-refractivity contribution in [2.75, 3.05) is 5.88 Å². The molecule has 0 aliphatic heterocycles. The maximum Gasteiger partial charge on any atom is 0.235 e. The number of alkyl halides is 1. The Kier molecular flexibility index (Phi) is 4.49. The molecule has 0 radical (unpaired) electrons. The first-order chi connectivity index (χ1) is 8.63. The minimum atomic E-state index is -0.132. The van der Waals surface area contributed by atoms with E-state index in [1.54, 1.807) is 6.92 Å². The number of amides is 2. The minimum absolute atomic E-state index is 0.00722. The van der Waals surface area contributed by atoms with Gasteiger partial charge in [-0.2, -0.15) is 0 Å². The van der Waals surface area contributed by atoms with E-state index in [0.29, 0.717) is 6.04 Å². The fourth-order valence-corrected chi connectivity index (χ4v) is 3.05. The lowest BCUT2D eigenvalue weighted by Gasteiger charge is -2.40. The molecule has 2 saturated carbocycles. The predicted molar refractivity (Wildman–Crippen MR) is 70.4 cm³/mol. The summed E-state index contributed by atoms with van der Waals surface area (Å²) in [4.78, 5) is 25.3. The smallest absolute Gasteiger partial charge is 0.235 e. The summed E-state index contributed by atoms with van der Waals surface area (Å²) in [7, 11) is 0. The molecule has 0 spiro atoms. The van der Waals surface area contributed by atoms with Gasteiger partial charge in [0.25, 0.3) is 0 Å². The van der Waals surface area contributed by atoms with Gasteiger partial charge in [0.1, 0.15) is 5.88 Å². The molecular weight excluding hydrogens is 252 g/mol. The quantitative estimate of drug-likeness (QED) is 0.792. The van der Waals surface area contributed by atoms with Crippen molar-refractivity contribution in [2.45, 2.75) is 63.6 Å². The molecular formula is C13H21ClN2O2. The first-order valence-electron chi connectivity index (χ1n) is 6.77. The highest BCUT2D eigenvalue weighted by Gasteiger charge is 2.40. The summed E-state index contributed by atoms with van der Waals surface area (Å²) in [6, 6.07) is 0.645. The van der Waals surface area contributed by atoms with E-state index in [1.807, 2.05) is 4.90 Å². The van der Waals surface area contributed by atoms with Gasteiger partial charge < -0.3 is 10.2 Å². The summed E-state index contributed by atoms with van der Waals surface area (Å²) in [6.07, 6.45) is 6.39. The van der Waals surface area contributed by atoms with Crippen LogP contribution >= 0.6 is 11.6 Å². The van der Waals surface area contributed by atoms with Crippen LogP contribution in [0.15, 0.2) is 0 Å². The van der Waals surface area contributed by atoms with Gasteiger partial charge in [-0.15, -0.1) is 11.6 Å². The molecule has 2 aliphatic rings. The lowest BCUT2D eigenvalue weighted by molar-refractivity contribution is -0.134. The van der Waals surface area contributed by atoms with Crippen molar-refractivity contribution >= 4 is 23.4 Å². The Morgan fingerprint density at radius 1 is 1.22 bits per heavy atom. The van der Waals surface area contributed by atoms with Crippen molar-refractivity contribution in [3.8, 4) is 0 Å². The molecule has 0 bridgehead atoms. The molecule has 2 aliphatic carbocycles. The van der Waals surface area contributed by atoms with E-state index >= 15 is 0 Å². The Balaban J connectivity index is 2.05. The zero-order valence-electron chi connectivity index (χ0n) is 10.8. The van der Waals surface area contributed by atoms with E-state index < -0.39 is 0 Å². The van der Waals surface area contributed by atoms with Crippen LogP contribution in [0.4, 0.5) is 0 Å². The molecule has 2 rings (SSSR count). The van der Waals surface area contributed by atoms with Crippen molar-refractivity contribution in [3.63, 3.8) is 0 Å². The summed E-state index contributed by atoms with van der Waals surface area (Å²) in [5.41, 5.74) is 0. The lowest BCUT2D eigenvalue weighted by Crippen LogP contribution is -2.55. The average molecular weight is 273 g/mol. The molecule has 102 valence electrons. The molecule has 2 amide bonds. The molecule has 1 N–H and O–H groups in total. The minimum Gasteiger partial charge on any atom is -0.350 e. The molecule has 0 heterocycles. The third-order valence-electron chi connectivity index (χ3n) is 3.86. The fraction of sp³-hybridized carbons (Fsp3) is 0.846. The maximum atomic E-state index is 11.8. The van der Waals surface area contributed by atoms with Gasteiger partial charge in [-0.25, -0.2) is 0 Å². The van der Waals surface area contributed by atoms with Crippen LogP contribution in [-0.4, -0.2) is 40.7 Å². The van der Waals surface area contributed by atoms with Crippen LogP contribution in [0, 0.1) is 0 Å². The normalized spacial score (nSPS) is 27.7. The molecule has 5 heteroatoms. The SMILES string of the molecule is CC(=O)N(C1CC1)[C@@H]1CCCC[C@H]1NC(=O)CCl. The van der Waals surface area contributed by atoms with Crippen molar-refractivity contribution in [1.29, 1.82) is 0 Å². The van der Waals surface area contributed by atoms with Gasteiger partial charge in [0, 0.05) is 19.0 Å². The number of carbonyl (C=O) groups excluding carboxylic acids is 2. The molecule has 0 aromatic rings. The largest absolute Gasteiger partial charge is 0.350 e. The Hall–Kier alpha value is -0.770. The monoisotopic (exact) mass is 272 g/mol. The zero-order valence-corrected chi connectivity index (χ0v) is 11.6. The highest BCUT2D eigenvalue weighted by atomic mass is 35.5. The summed E-state index contributed by atoms with van der Waals surface area (Å²) in [5, 5.41) is 2.97. The van der Waals surface area contributed by atoms with Crippen LogP contribution in [0.5, 0.6) is 0 Å². The Morgan fingerprint density at radius 3 is 2.44 bits per heavy atom. The number of nitrogens with one attached hydrogen (secondary N) is 1. The highest BCUT2D eigenvalue weighted by Crippen LogP contribution is 2.33. The number of carbonyl (C=O) groups is 2. The van der Waals surface area contributed by atoms with Gasteiger partial charge in [-0.05, 0) is 25.7 Å². The van der Waals surface area contributed by atoms with Gasteiger partial charge in [-0.1, -0.05) is 12.8 Å².